The monoisotopic (exact) mass is 370 g/mol. The van der Waals surface area contributed by atoms with Gasteiger partial charge in [0.15, 0.2) is 5.82 Å². The fourth-order valence-electron chi connectivity index (χ4n) is 3.46. The molecule has 1 aliphatic carbocycles. The third-order valence-corrected chi connectivity index (χ3v) is 5.11. The molecule has 6 heteroatoms. The van der Waals surface area contributed by atoms with Gasteiger partial charge < -0.3 is 5.32 Å². The Kier molecular flexibility index (Phi) is 4.04. The van der Waals surface area contributed by atoms with Crippen LogP contribution in [0.1, 0.15) is 44.2 Å². The van der Waals surface area contributed by atoms with E-state index in [4.69, 9.17) is 0 Å². The van der Waals surface area contributed by atoms with Crippen molar-refractivity contribution in [2.75, 3.05) is 5.32 Å². The van der Waals surface area contributed by atoms with Crippen molar-refractivity contribution in [1.82, 2.24) is 24.7 Å². The van der Waals surface area contributed by atoms with Gasteiger partial charge in [0.05, 0.1) is 17.8 Å². The fraction of sp³-hybridized carbons (Fsp3) is 0.273. The normalized spacial score (nSPS) is 14.0. The lowest BCUT2D eigenvalue weighted by Crippen LogP contribution is -1.99. The summed E-state index contributed by atoms with van der Waals surface area (Å²) in [5.41, 5.74) is 2.25. The Morgan fingerprint density at radius 3 is 2.79 bits per heavy atom. The minimum Gasteiger partial charge on any atom is -0.325 e. The molecule has 28 heavy (non-hydrogen) atoms. The highest BCUT2D eigenvalue weighted by Gasteiger charge is 2.24. The molecule has 4 aromatic rings. The van der Waals surface area contributed by atoms with Gasteiger partial charge in [0.2, 0.25) is 0 Å². The Morgan fingerprint density at radius 1 is 1.07 bits per heavy atom. The quantitative estimate of drug-likeness (QED) is 0.530. The second-order valence-electron chi connectivity index (χ2n) is 7.62. The predicted octanol–water partition coefficient (Wildman–Crippen LogP) is 5.09. The first-order chi connectivity index (χ1) is 13.7. The van der Waals surface area contributed by atoms with Gasteiger partial charge in [-0.05, 0) is 41.8 Å². The number of hydrogen-bond acceptors (Lipinski definition) is 5. The van der Waals surface area contributed by atoms with Crippen molar-refractivity contribution < 1.29 is 0 Å². The zero-order valence-corrected chi connectivity index (χ0v) is 16.0. The molecule has 1 aliphatic rings. The van der Waals surface area contributed by atoms with Crippen LogP contribution in [0.5, 0.6) is 0 Å². The van der Waals surface area contributed by atoms with Crippen LogP contribution < -0.4 is 5.32 Å². The summed E-state index contributed by atoms with van der Waals surface area (Å²) < 4.78 is 2.01. The fourth-order valence-corrected chi connectivity index (χ4v) is 3.46. The standard InChI is InChI=1S/C22H22N6/c1-14(2)18-5-3-4-15-11-24-21(10-19(15)18)26-20-8-9-23-22(27-20)16-12-25-28(13-16)17-6-7-17/h3-5,8-14,17H,6-7H2,1-2H3,(H,23,24,26,27). The van der Waals surface area contributed by atoms with Crippen molar-refractivity contribution in [3.63, 3.8) is 0 Å². The third-order valence-electron chi connectivity index (χ3n) is 5.11. The van der Waals surface area contributed by atoms with Crippen LogP contribution in [0.3, 0.4) is 0 Å². The lowest BCUT2D eigenvalue weighted by atomic mass is 9.97. The predicted molar refractivity (Wildman–Crippen MR) is 111 cm³/mol. The van der Waals surface area contributed by atoms with E-state index in [2.05, 4.69) is 63.5 Å². The molecule has 0 bridgehead atoms. The van der Waals surface area contributed by atoms with Gasteiger partial charge in [0.25, 0.3) is 0 Å². The number of benzene rings is 1. The second kappa shape index (κ2) is 6.71. The summed E-state index contributed by atoms with van der Waals surface area (Å²) in [6, 6.07) is 10.9. The summed E-state index contributed by atoms with van der Waals surface area (Å²) in [5.74, 6) is 2.62. The minimum absolute atomic E-state index is 0.451. The van der Waals surface area contributed by atoms with E-state index in [1.165, 1.54) is 23.8 Å². The summed E-state index contributed by atoms with van der Waals surface area (Å²) in [7, 11) is 0. The van der Waals surface area contributed by atoms with Crippen LogP contribution in [0.25, 0.3) is 22.2 Å². The highest BCUT2D eigenvalue weighted by atomic mass is 15.3. The molecule has 0 radical (unpaired) electrons. The van der Waals surface area contributed by atoms with E-state index < -0.39 is 0 Å². The molecule has 0 atom stereocenters. The summed E-state index contributed by atoms with van der Waals surface area (Å²) in [6.45, 7) is 4.42. The maximum atomic E-state index is 4.65. The molecule has 3 aromatic heterocycles. The van der Waals surface area contributed by atoms with Crippen molar-refractivity contribution >= 4 is 22.4 Å². The number of nitrogens with zero attached hydrogens (tertiary/aromatic N) is 5. The number of hydrogen-bond donors (Lipinski definition) is 1. The van der Waals surface area contributed by atoms with Crippen molar-refractivity contribution in [3.05, 3.63) is 60.7 Å². The Balaban J connectivity index is 1.45. The van der Waals surface area contributed by atoms with Gasteiger partial charge in [-0.15, -0.1) is 0 Å². The van der Waals surface area contributed by atoms with E-state index in [0.717, 1.165) is 22.6 Å². The maximum Gasteiger partial charge on any atom is 0.164 e. The Labute approximate surface area is 163 Å². The zero-order chi connectivity index (χ0) is 19.1. The Hall–Kier alpha value is -3.28. The molecule has 1 N–H and O–H groups in total. The molecular formula is C22H22N6. The van der Waals surface area contributed by atoms with E-state index in [-0.39, 0.29) is 0 Å². The average Bonchev–Trinajstić information content (AvgIpc) is 3.44. The number of rotatable bonds is 5. The third kappa shape index (κ3) is 3.22. The van der Waals surface area contributed by atoms with Gasteiger partial charge >= 0.3 is 0 Å². The van der Waals surface area contributed by atoms with E-state index in [9.17, 15) is 0 Å². The van der Waals surface area contributed by atoms with Crippen molar-refractivity contribution in [2.45, 2.75) is 38.6 Å². The highest BCUT2D eigenvalue weighted by molar-refractivity contribution is 5.88. The first-order valence-corrected chi connectivity index (χ1v) is 9.70. The maximum absolute atomic E-state index is 4.65. The molecule has 0 saturated heterocycles. The van der Waals surface area contributed by atoms with Crippen LogP contribution in [0.4, 0.5) is 11.6 Å². The molecule has 140 valence electrons. The molecule has 6 nitrogen and oxygen atoms in total. The number of pyridine rings is 1. The molecule has 0 aliphatic heterocycles. The smallest absolute Gasteiger partial charge is 0.164 e. The Morgan fingerprint density at radius 2 is 1.96 bits per heavy atom. The SMILES string of the molecule is CC(C)c1cccc2cnc(Nc3ccnc(-c4cnn(C5CC5)c4)n3)cc12. The molecule has 0 unspecified atom stereocenters. The Bertz CT molecular complexity index is 1140. The summed E-state index contributed by atoms with van der Waals surface area (Å²) >= 11 is 0. The lowest BCUT2D eigenvalue weighted by molar-refractivity contribution is 0.642. The van der Waals surface area contributed by atoms with Crippen LogP contribution in [0, 0.1) is 0 Å². The van der Waals surface area contributed by atoms with Crippen LogP contribution in [0.15, 0.2) is 55.1 Å². The van der Waals surface area contributed by atoms with E-state index >= 15 is 0 Å². The molecule has 5 rings (SSSR count). The summed E-state index contributed by atoms with van der Waals surface area (Å²) in [5, 5.41) is 10.1. The van der Waals surface area contributed by atoms with Gasteiger partial charge in [-0.25, -0.2) is 15.0 Å². The van der Waals surface area contributed by atoms with E-state index in [1.54, 1.807) is 6.20 Å². The van der Waals surface area contributed by atoms with Gasteiger partial charge in [-0.2, -0.15) is 5.10 Å². The van der Waals surface area contributed by atoms with Crippen LogP contribution in [0.2, 0.25) is 0 Å². The molecule has 3 heterocycles. The second-order valence-corrected chi connectivity index (χ2v) is 7.62. The number of anilines is 2. The van der Waals surface area contributed by atoms with Gasteiger partial charge in [-0.3, -0.25) is 4.68 Å². The molecule has 0 amide bonds. The summed E-state index contributed by atoms with van der Waals surface area (Å²) in [6.07, 6.45) is 9.94. The largest absolute Gasteiger partial charge is 0.325 e. The number of nitrogens with one attached hydrogen (secondary N) is 1. The van der Waals surface area contributed by atoms with Gasteiger partial charge in [-0.1, -0.05) is 32.0 Å². The lowest BCUT2D eigenvalue weighted by Gasteiger charge is -2.12. The number of fused-ring (bicyclic) bond motifs is 1. The zero-order valence-electron chi connectivity index (χ0n) is 16.0. The molecule has 1 fully saturated rings. The van der Waals surface area contributed by atoms with Crippen LogP contribution in [-0.2, 0) is 0 Å². The molecule has 1 aromatic carbocycles. The number of aromatic nitrogens is 5. The van der Waals surface area contributed by atoms with E-state index in [1.807, 2.05) is 29.3 Å². The summed E-state index contributed by atoms with van der Waals surface area (Å²) in [4.78, 5) is 13.6. The average molecular weight is 370 g/mol. The van der Waals surface area contributed by atoms with E-state index in [0.29, 0.717) is 17.8 Å². The van der Waals surface area contributed by atoms with Crippen molar-refractivity contribution in [2.24, 2.45) is 0 Å². The van der Waals surface area contributed by atoms with Crippen LogP contribution >= 0.6 is 0 Å². The van der Waals surface area contributed by atoms with Gasteiger partial charge in [0, 0.05) is 24.0 Å². The first-order valence-electron chi connectivity index (χ1n) is 9.70. The highest BCUT2D eigenvalue weighted by Crippen LogP contribution is 2.35. The van der Waals surface area contributed by atoms with Crippen molar-refractivity contribution in [3.8, 4) is 11.4 Å². The first kappa shape index (κ1) is 16.9. The topological polar surface area (TPSA) is 68.5 Å². The molecular weight excluding hydrogens is 348 g/mol. The molecule has 0 spiro atoms. The van der Waals surface area contributed by atoms with Crippen LogP contribution in [-0.4, -0.2) is 24.7 Å². The minimum atomic E-state index is 0.451. The van der Waals surface area contributed by atoms with Gasteiger partial charge in [0.1, 0.15) is 11.6 Å². The van der Waals surface area contributed by atoms with Crippen molar-refractivity contribution in [1.29, 1.82) is 0 Å². The molecule has 1 saturated carbocycles.